The maximum Gasteiger partial charge on any atom is 0.303 e. The standard InChI is InChI=1S/C44H52N2O8/c1-51-40-23-34-21-22-46(27-36(34)24-41(40)52-2)28-37-25-39(32-15-13-30(29-47)14-16-32)54-44(53-37)33-19-17-31(18-20-33)38-10-8-7-9-35(38)26-45-42(48)11-5-3-4-6-12-43(49)50/h7-10,13-20,23-24,37,39,44,47H,3-6,11-12,21-22,25-29H2,1-2H3,(H,45,48)(H,49,50)/t37-,39+,44+/m0/s1. The molecule has 0 bridgehead atoms. The van der Waals surface area contributed by atoms with Crippen molar-refractivity contribution >= 4 is 11.9 Å². The minimum atomic E-state index is -0.777. The number of unbranched alkanes of at least 4 members (excludes halogenated alkanes) is 3. The second-order valence-electron chi connectivity index (χ2n) is 14.2. The van der Waals surface area contributed by atoms with Crippen LogP contribution in [0.4, 0.5) is 0 Å². The molecule has 3 N–H and O–H groups in total. The van der Waals surface area contributed by atoms with Crippen molar-refractivity contribution in [2.75, 3.05) is 27.3 Å². The van der Waals surface area contributed by atoms with Gasteiger partial charge in [0, 0.05) is 51.0 Å². The van der Waals surface area contributed by atoms with Crippen LogP contribution in [0.5, 0.6) is 11.5 Å². The predicted molar refractivity (Wildman–Crippen MR) is 206 cm³/mol. The Morgan fingerprint density at radius 2 is 1.52 bits per heavy atom. The number of hydrogen-bond acceptors (Lipinski definition) is 8. The SMILES string of the molecule is COc1cc2c(cc1OC)CN(C[C@@H]1C[C@H](c3ccc(CO)cc3)O[C@H](c3ccc(-c4ccccc4CNC(=O)CCCCCCC(=O)O)cc3)O1)CC2. The lowest BCUT2D eigenvalue weighted by atomic mass is 9.96. The van der Waals surface area contributed by atoms with E-state index in [0.717, 1.165) is 90.2 Å². The van der Waals surface area contributed by atoms with E-state index in [0.29, 0.717) is 25.8 Å². The molecule has 6 rings (SSSR count). The molecule has 1 saturated heterocycles. The molecule has 2 aliphatic rings. The van der Waals surface area contributed by atoms with Crippen molar-refractivity contribution < 1.29 is 38.7 Å². The number of carboxylic acids is 1. The summed E-state index contributed by atoms with van der Waals surface area (Å²) >= 11 is 0. The average molecular weight is 737 g/mol. The summed E-state index contributed by atoms with van der Waals surface area (Å²) in [4.78, 5) is 25.7. The van der Waals surface area contributed by atoms with E-state index < -0.39 is 12.3 Å². The van der Waals surface area contributed by atoms with Gasteiger partial charge < -0.3 is 34.5 Å². The van der Waals surface area contributed by atoms with Gasteiger partial charge in [-0.05, 0) is 70.3 Å². The van der Waals surface area contributed by atoms with Gasteiger partial charge in [-0.2, -0.15) is 0 Å². The fraction of sp³-hybridized carbons (Fsp3) is 0.409. The van der Waals surface area contributed by atoms with Crippen LogP contribution in [0.25, 0.3) is 11.1 Å². The van der Waals surface area contributed by atoms with Crippen LogP contribution in [0.2, 0.25) is 0 Å². The number of carbonyl (C=O) groups excluding carboxylic acids is 1. The smallest absolute Gasteiger partial charge is 0.303 e. The first kappa shape index (κ1) is 39.0. The van der Waals surface area contributed by atoms with E-state index in [-0.39, 0.29) is 31.1 Å². The highest BCUT2D eigenvalue weighted by Gasteiger charge is 2.34. The summed E-state index contributed by atoms with van der Waals surface area (Å²) in [6.45, 7) is 2.87. The normalized spacial score (nSPS) is 18.5. The number of aliphatic hydroxyl groups is 1. The quantitative estimate of drug-likeness (QED) is 0.0945. The number of fused-ring (bicyclic) bond motifs is 1. The number of methoxy groups -OCH3 is 2. The molecule has 2 heterocycles. The third kappa shape index (κ3) is 10.3. The highest BCUT2D eigenvalue weighted by atomic mass is 16.7. The number of hydrogen-bond donors (Lipinski definition) is 3. The van der Waals surface area contributed by atoms with E-state index in [4.69, 9.17) is 24.1 Å². The van der Waals surface area contributed by atoms with Gasteiger partial charge in [-0.3, -0.25) is 14.5 Å². The number of ether oxygens (including phenoxy) is 4. The molecule has 1 amide bonds. The topological polar surface area (TPSA) is 127 Å². The largest absolute Gasteiger partial charge is 0.493 e. The van der Waals surface area contributed by atoms with E-state index in [1.807, 2.05) is 42.5 Å². The van der Waals surface area contributed by atoms with Crippen LogP contribution in [0.1, 0.15) is 90.7 Å². The van der Waals surface area contributed by atoms with Crippen molar-refractivity contribution in [3.8, 4) is 22.6 Å². The van der Waals surface area contributed by atoms with Crippen molar-refractivity contribution in [1.82, 2.24) is 10.2 Å². The van der Waals surface area contributed by atoms with Gasteiger partial charge in [0.15, 0.2) is 17.8 Å². The number of aliphatic carboxylic acids is 1. The van der Waals surface area contributed by atoms with Gasteiger partial charge in [0.2, 0.25) is 5.91 Å². The summed E-state index contributed by atoms with van der Waals surface area (Å²) in [5.41, 5.74) is 8.45. The first-order chi connectivity index (χ1) is 26.3. The Kier molecular flexibility index (Phi) is 13.7. The van der Waals surface area contributed by atoms with Gasteiger partial charge in [0.1, 0.15) is 0 Å². The monoisotopic (exact) mass is 736 g/mol. The Labute approximate surface area is 318 Å². The first-order valence-electron chi connectivity index (χ1n) is 19.0. The van der Waals surface area contributed by atoms with Gasteiger partial charge in [0.05, 0.1) is 33.0 Å². The van der Waals surface area contributed by atoms with E-state index in [1.54, 1.807) is 14.2 Å². The van der Waals surface area contributed by atoms with Gasteiger partial charge in [0.25, 0.3) is 0 Å². The summed E-state index contributed by atoms with van der Waals surface area (Å²) in [6.07, 6.45) is 4.42. The molecule has 286 valence electrons. The molecule has 3 atom stereocenters. The Morgan fingerprint density at radius 3 is 2.22 bits per heavy atom. The molecule has 10 nitrogen and oxygen atoms in total. The predicted octanol–water partition coefficient (Wildman–Crippen LogP) is 7.51. The molecule has 54 heavy (non-hydrogen) atoms. The Hall–Kier alpha value is -4.74. The summed E-state index contributed by atoms with van der Waals surface area (Å²) in [5.74, 6) is 0.710. The number of carboxylic acid groups (broad SMARTS) is 1. The van der Waals surface area contributed by atoms with Crippen molar-refractivity contribution in [1.29, 1.82) is 0 Å². The van der Waals surface area contributed by atoms with Crippen LogP contribution in [-0.4, -0.2) is 60.4 Å². The lowest BCUT2D eigenvalue weighted by Crippen LogP contribution is -2.41. The molecule has 1 fully saturated rings. The number of aliphatic hydroxyl groups excluding tert-OH is 1. The summed E-state index contributed by atoms with van der Waals surface area (Å²) in [5, 5.41) is 21.5. The molecular formula is C44H52N2O8. The highest BCUT2D eigenvalue weighted by molar-refractivity contribution is 5.76. The highest BCUT2D eigenvalue weighted by Crippen LogP contribution is 2.40. The number of rotatable bonds is 17. The summed E-state index contributed by atoms with van der Waals surface area (Å²) in [7, 11) is 3.33. The van der Waals surface area contributed by atoms with Crippen molar-refractivity contribution in [2.24, 2.45) is 0 Å². The minimum Gasteiger partial charge on any atom is -0.493 e. The Balaban J connectivity index is 1.12. The van der Waals surface area contributed by atoms with Gasteiger partial charge in [-0.25, -0.2) is 0 Å². The number of nitrogens with one attached hydrogen (secondary N) is 1. The summed E-state index contributed by atoms with van der Waals surface area (Å²) in [6, 6.07) is 28.5. The minimum absolute atomic E-state index is 0.00573. The second kappa shape index (κ2) is 19.0. The Morgan fingerprint density at radius 1 is 0.833 bits per heavy atom. The molecule has 0 aromatic heterocycles. The average Bonchev–Trinajstić information content (AvgIpc) is 3.20. The van der Waals surface area contributed by atoms with Crippen LogP contribution in [-0.2, 0) is 45.2 Å². The molecule has 0 spiro atoms. The third-order valence-corrected chi connectivity index (χ3v) is 10.4. The fourth-order valence-electron chi connectivity index (χ4n) is 7.39. The zero-order valence-electron chi connectivity index (χ0n) is 31.3. The first-order valence-corrected chi connectivity index (χ1v) is 19.0. The van der Waals surface area contributed by atoms with Crippen molar-refractivity contribution in [3.05, 3.63) is 118 Å². The van der Waals surface area contributed by atoms with Crippen LogP contribution < -0.4 is 14.8 Å². The van der Waals surface area contributed by atoms with Crippen LogP contribution in [0.15, 0.2) is 84.9 Å². The lowest BCUT2D eigenvalue weighted by molar-refractivity contribution is -0.253. The van der Waals surface area contributed by atoms with Crippen molar-refractivity contribution in [2.45, 2.75) is 89.6 Å². The maximum absolute atomic E-state index is 12.6. The van der Waals surface area contributed by atoms with E-state index in [2.05, 4.69) is 52.7 Å². The van der Waals surface area contributed by atoms with E-state index >= 15 is 0 Å². The maximum atomic E-state index is 12.6. The molecule has 4 aromatic carbocycles. The molecule has 0 unspecified atom stereocenters. The second-order valence-corrected chi connectivity index (χ2v) is 14.2. The zero-order valence-corrected chi connectivity index (χ0v) is 31.3. The lowest BCUT2D eigenvalue weighted by Gasteiger charge is -2.39. The van der Waals surface area contributed by atoms with E-state index in [9.17, 15) is 14.7 Å². The van der Waals surface area contributed by atoms with Gasteiger partial charge in [-0.15, -0.1) is 0 Å². The molecule has 0 radical (unpaired) electrons. The van der Waals surface area contributed by atoms with Gasteiger partial charge >= 0.3 is 5.97 Å². The third-order valence-electron chi connectivity index (χ3n) is 10.4. The molecule has 0 saturated carbocycles. The van der Waals surface area contributed by atoms with Crippen molar-refractivity contribution in [3.63, 3.8) is 0 Å². The Bertz CT molecular complexity index is 1840. The molecular weight excluding hydrogens is 684 g/mol. The molecule has 10 heteroatoms. The summed E-state index contributed by atoms with van der Waals surface area (Å²) < 4.78 is 24.5. The molecule has 4 aromatic rings. The molecule has 0 aliphatic carbocycles. The number of amides is 1. The van der Waals surface area contributed by atoms with Gasteiger partial charge in [-0.1, -0.05) is 85.6 Å². The number of carbonyl (C=O) groups is 2. The van der Waals surface area contributed by atoms with E-state index in [1.165, 1.54) is 11.1 Å². The number of benzene rings is 4. The van der Waals surface area contributed by atoms with Crippen LogP contribution >= 0.6 is 0 Å². The molecule has 2 aliphatic heterocycles. The fourth-order valence-corrected chi connectivity index (χ4v) is 7.39. The number of nitrogens with zero attached hydrogens (tertiary/aromatic N) is 1. The van der Waals surface area contributed by atoms with Crippen LogP contribution in [0.3, 0.4) is 0 Å². The van der Waals surface area contributed by atoms with Crippen LogP contribution in [0, 0.1) is 0 Å². The zero-order chi connectivity index (χ0) is 37.9.